The summed E-state index contributed by atoms with van der Waals surface area (Å²) in [5, 5.41) is 0.538. The van der Waals surface area contributed by atoms with Crippen LogP contribution >= 0.6 is 22.3 Å². The van der Waals surface area contributed by atoms with Crippen LogP contribution in [0.4, 0.5) is 0 Å². The van der Waals surface area contributed by atoms with E-state index in [0.717, 1.165) is 5.56 Å². The van der Waals surface area contributed by atoms with Crippen LogP contribution in [0.25, 0.3) is 0 Å². The molecular weight excluding hydrogens is 255 g/mol. The molecule has 0 spiro atoms. The number of benzene rings is 1. The van der Waals surface area contributed by atoms with Crippen LogP contribution < -0.4 is 0 Å². The van der Waals surface area contributed by atoms with Gasteiger partial charge in [0, 0.05) is 15.7 Å². The molecule has 0 atom stereocenters. The largest absolute Gasteiger partial charge is 0.236 e. The number of halogens is 2. The summed E-state index contributed by atoms with van der Waals surface area (Å²) in [4.78, 5) is 0. The van der Waals surface area contributed by atoms with E-state index in [-0.39, 0.29) is 5.75 Å². The molecule has 0 bridgehead atoms. The van der Waals surface area contributed by atoms with Gasteiger partial charge < -0.3 is 0 Å². The molecule has 1 rings (SSSR count). The summed E-state index contributed by atoms with van der Waals surface area (Å²) in [6.07, 6.45) is 0. The first-order valence-electron chi connectivity index (χ1n) is 4.49. The summed E-state index contributed by atoms with van der Waals surface area (Å²) in [6, 6.07) is 5.26. The Kier molecular flexibility index (Phi) is 4.04. The van der Waals surface area contributed by atoms with Crippen LogP contribution in [0.2, 0.25) is 5.02 Å². The summed E-state index contributed by atoms with van der Waals surface area (Å²) in [7, 11) is 1.66. The molecule has 0 saturated heterocycles. The van der Waals surface area contributed by atoms with Gasteiger partial charge in [0.1, 0.15) is 0 Å². The van der Waals surface area contributed by atoms with Crippen molar-refractivity contribution in [2.24, 2.45) is 0 Å². The van der Waals surface area contributed by atoms with Crippen molar-refractivity contribution in [2.75, 3.05) is 0 Å². The van der Waals surface area contributed by atoms with Gasteiger partial charge in [-0.2, -0.15) is 0 Å². The highest BCUT2D eigenvalue weighted by Crippen LogP contribution is 2.23. The summed E-state index contributed by atoms with van der Waals surface area (Å²) in [5.74, 6) is 0.120. The van der Waals surface area contributed by atoms with Crippen molar-refractivity contribution in [2.45, 2.75) is 25.5 Å². The smallest absolute Gasteiger partial charge is 0.212 e. The summed E-state index contributed by atoms with van der Waals surface area (Å²) in [5.41, 5.74) is 1.64. The van der Waals surface area contributed by atoms with Crippen LogP contribution in [0.3, 0.4) is 0 Å². The van der Waals surface area contributed by atoms with E-state index in [1.807, 2.05) is 26.0 Å². The maximum Gasteiger partial charge on any atom is 0.236 e. The first-order valence-corrected chi connectivity index (χ1v) is 7.35. The molecule has 0 unspecified atom stereocenters. The molecule has 0 aliphatic carbocycles. The Morgan fingerprint density at radius 2 is 1.87 bits per heavy atom. The minimum atomic E-state index is -3.52. The molecule has 0 heterocycles. The molecular formula is C10H12Cl2O2S. The molecule has 15 heavy (non-hydrogen) atoms. The topological polar surface area (TPSA) is 34.1 Å². The first-order chi connectivity index (χ1) is 6.78. The molecule has 0 aromatic heterocycles. The van der Waals surface area contributed by atoms with Crippen LogP contribution in [-0.2, 0) is 14.8 Å². The Hall–Kier alpha value is -0.250. The predicted octanol–water partition coefficient (Wildman–Crippen LogP) is 3.53. The molecule has 0 N–H and O–H groups in total. The van der Waals surface area contributed by atoms with Crippen molar-refractivity contribution in [3.05, 3.63) is 34.3 Å². The number of rotatable bonds is 3. The second-order valence-corrected chi connectivity index (χ2v) is 6.94. The molecule has 0 amide bonds. The van der Waals surface area contributed by atoms with Gasteiger partial charge in [-0.3, -0.25) is 0 Å². The zero-order chi connectivity index (χ0) is 11.6. The van der Waals surface area contributed by atoms with E-state index in [9.17, 15) is 8.42 Å². The highest BCUT2D eigenvalue weighted by molar-refractivity contribution is 8.13. The van der Waals surface area contributed by atoms with Crippen molar-refractivity contribution in [3.63, 3.8) is 0 Å². The Morgan fingerprint density at radius 3 is 2.33 bits per heavy atom. The fraction of sp³-hybridized carbons (Fsp3) is 0.400. The number of hydrogen-bond acceptors (Lipinski definition) is 2. The average molecular weight is 267 g/mol. The molecule has 1 aromatic carbocycles. The molecule has 1 aromatic rings. The monoisotopic (exact) mass is 266 g/mol. The van der Waals surface area contributed by atoms with Gasteiger partial charge in [0.05, 0.1) is 5.75 Å². The molecule has 0 saturated carbocycles. The SMILES string of the molecule is CC(C)c1cc(Cl)cc(CS(=O)(=O)Cl)c1. The van der Waals surface area contributed by atoms with Crippen LogP contribution in [0.15, 0.2) is 18.2 Å². The fourth-order valence-electron chi connectivity index (χ4n) is 1.29. The number of hydrogen-bond donors (Lipinski definition) is 0. The van der Waals surface area contributed by atoms with Crippen molar-refractivity contribution in [1.29, 1.82) is 0 Å². The predicted molar refractivity (Wildman–Crippen MR) is 64.0 cm³/mol. The van der Waals surface area contributed by atoms with Gasteiger partial charge in [-0.1, -0.05) is 31.5 Å². The Bertz CT molecular complexity index is 452. The Balaban J connectivity index is 3.10. The average Bonchev–Trinajstić information content (AvgIpc) is 1.99. The molecule has 2 nitrogen and oxygen atoms in total. The molecule has 0 aliphatic heterocycles. The van der Waals surface area contributed by atoms with Gasteiger partial charge in [-0.15, -0.1) is 0 Å². The van der Waals surface area contributed by atoms with E-state index in [4.69, 9.17) is 22.3 Å². The van der Waals surface area contributed by atoms with E-state index in [1.54, 1.807) is 6.07 Å². The van der Waals surface area contributed by atoms with Gasteiger partial charge >= 0.3 is 0 Å². The van der Waals surface area contributed by atoms with E-state index in [2.05, 4.69) is 0 Å². The van der Waals surface area contributed by atoms with Crippen molar-refractivity contribution >= 4 is 31.3 Å². The van der Waals surface area contributed by atoms with E-state index < -0.39 is 9.05 Å². The highest BCUT2D eigenvalue weighted by Gasteiger charge is 2.10. The van der Waals surface area contributed by atoms with Crippen LogP contribution in [-0.4, -0.2) is 8.42 Å². The fourth-order valence-corrected chi connectivity index (χ4v) is 2.50. The van der Waals surface area contributed by atoms with Crippen molar-refractivity contribution in [3.8, 4) is 0 Å². The second-order valence-electron chi connectivity index (χ2n) is 3.73. The van der Waals surface area contributed by atoms with E-state index in [0.29, 0.717) is 16.5 Å². The second kappa shape index (κ2) is 4.73. The van der Waals surface area contributed by atoms with Crippen molar-refractivity contribution in [1.82, 2.24) is 0 Å². The normalized spacial score (nSPS) is 12.1. The quantitative estimate of drug-likeness (QED) is 0.785. The molecule has 0 radical (unpaired) electrons. The zero-order valence-electron chi connectivity index (χ0n) is 8.50. The van der Waals surface area contributed by atoms with Crippen molar-refractivity contribution < 1.29 is 8.42 Å². The maximum absolute atomic E-state index is 10.9. The lowest BCUT2D eigenvalue weighted by molar-refractivity contribution is 0.609. The standard InChI is InChI=1S/C10H12Cl2O2S/c1-7(2)9-3-8(4-10(11)5-9)6-15(12,13)14/h3-5,7H,6H2,1-2H3. The van der Waals surface area contributed by atoms with Gasteiger partial charge in [0.15, 0.2) is 0 Å². The maximum atomic E-state index is 10.9. The third-order valence-corrected chi connectivity index (χ3v) is 3.21. The lowest BCUT2D eigenvalue weighted by Gasteiger charge is -2.08. The first kappa shape index (κ1) is 12.8. The minimum absolute atomic E-state index is 0.186. The third-order valence-electron chi connectivity index (χ3n) is 1.99. The van der Waals surface area contributed by atoms with Gasteiger partial charge in [0.2, 0.25) is 9.05 Å². The van der Waals surface area contributed by atoms with Gasteiger partial charge in [0.25, 0.3) is 0 Å². The highest BCUT2D eigenvalue weighted by atomic mass is 35.7. The molecule has 84 valence electrons. The molecule has 5 heteroatoms. The third kappa shape index (κ3) is 4.41. The van der Waals surface area contributed by atoms with E-state index in [1.165, 1.54) is 0 Å². The minimum Gasteiger partial charge on any atom is -0.212 e. The van der Waals surface area contributed by atoms with E-state index >= 15 is 0 Å². The summed E-state index contributed by atoms with van der Waals surface area (Å²) < 4.78 is 21.8. The van der Waals surface area contributed by atoms with Gasteiger partial charge in [-0.05, 0) is 29.2 Å². The van der Waals surface area contributed by atoms with Crippen LogP contribution in [0.5, 0.6) is 0 Å². The van der Waals surface area contributed by atoms with Gasteiger partial charge in [-0.25, -0.2) is 8.42 Å². The zero-order valence-corrected chi connectivity index (χ0v) is 10.8. The Labute approximate surface area is 99.6 Å². The summed E-state index contributed by atoms with van der Waals surface area (Å²) in [6.45, 7) is 4.04. The lowest BCUT2D eigenvalue weighted by Crippen LogP contribution is -1.97. The Morgan fingerprint density at radius 1 is 1.27 bits per heavy atom. The lowest BCUT2D eigenvalue weighted by atomic mass is 10.0. The van der Waals surface area contributed by atoms with Crippen LogP contribution in [0.1, 0.15) is 30.9 Å². The molecule has 0 aliphatic rings. The summed E-state index contributed by atoms with van der Waals surface area (Å²) >= 11 is 5.89. The molecule has 0 fully saturated rings. The van der Waals surface area contributed by atoms with Crippen LogP contribution in [0, 0.1) is 0 Å².